The molecule has 0 amide bonds. The van der Waals surface area contributed by atoms with E-state index in [4.69, 9.17) is 9.40 Å². The van der Waals surface area contributed by atoms with Crippen molar-refractivity contribution in [1.82, 2.24) is 4.98 Å². The van der Waals surface area contributed by atoms with Crippen LogP contribution in [-0.4, -0.2) is 21.8 Å². The first-order chi connectivity index (χ1) is 21.4. The Morgan fingerprint density at radius 3 is 2.39 bits per heavy atom. The number of pyridine rings is 1. The van der Waals surface area contributed by atoms with Gasteiger partial charge in [0.05, 0.1) is 11.3 Å². The Morgan fingerprint density at radius 1 is 1.00 bits per heavy atom. The molecule has 0 spiro atoms. The first kappa shape index (κ1) is 35.4. The second-order valence-corrected chi connectivity index (χ2v) is 13.2. The van der Waals surface area contributed by atoms with Gasteiger partial charge in [0.2, 0.25) is 5.92 Å². The maximum atomic E-state index is 13.6. The fraction of sp³-hybridized carbons (Fsp3) is 0.385. The maximum absolute atomic E-state index is 13.6. The smallest absolute Gasteiger partial charge is 0.248 e. The van der Waals surface area contributed by atoms with Crippen molar-refractivity contribution in [1.29, 1.82) is 0 Å². The number of fused-ring (bicyclic) bond motifs is 4. The number of allylic oxidation sites excluding steroid dienone is 2. The van der Waals surface area contributed by atoms with Crippen LogP contribution in [0, 0.1) is 24.8 Å². The van der Waals surface area contributed by atoms with Gasteiger partial charge < -0.3 is 14.5 Å². The van der Waals surface area contributed by atoms with Crippen molar-refractivity contribution >= 4 is 38.5 Å². The van der Waals surface area contributed by atoms with Gasteiger partial charge in [0.25, 0.3) is 0 Å². The normalized spacial score (nSPS) is 15.3. The van der Waals surface area contributed by atoms with E-state index in [2.05, 4.69) is 36.4 Å². The predicted octanol–water partition coefficient (Wildman–Crippen LogP) is 11.3. The van der Waals surface area contributed by atoms with Crippen molar-refractivity contribution in [3.8, 4) is 11.3 Å². The number of aliphatic hydroxyl groups is 1. The van der Waals surface area contributed by atoms with E-state index in [1.54, 1.807) is 6.20 Å². The largest absolute Gasteiger partial charge is 0.512 e. The van der Waals surface area contributed by atoms with Crippen LogP contribution in [0.1, 0.15) is 83.3 Å². The number of halogens is 2. The summed E-state index contributed by atoms with van der Waals surface area (Å²) in [6.45, 7) is 10.0. The standard InChI is InChI=1S/C28H22F2NO.C11H20O2.Ir/c1-17-14-23-22-4-2-3-5-25(22)32-27(23)24(15-17)26-21-7-6-19(16-20(21)10-13-31-26)18-8-11-28(29,30)12-9-18;1-8(2)5-10(12)7-11(13)6-9(3)4;/h2-7,10,13-14,16,18H,8-9,11-12H2,1H3;7-9,12H,5-6H2,1-4H3;/q-1;;/b;10-7-;. The van der Waals surface area contributed by atoms with Crippen LogP contribution < -0.4 is 0 Å². The number of furan rings is 1. The molecule has 1 aliphatic rings. The summed E-state index contributed by atoms with van der Waals surface area (Å²) in [6.07, 6.45) is 5.27. The number of nitrogens with zero attached hydrogens (tertiary/aromatic N) is 1. The molecule has 0 saturated heterocycles. The Kier molecular flexibility index (Phi) is 11.6. The van der Waals surface area contributed by atoms with E-state index in [0.29, 0.717) is 37.5 Å². The molecule has 6 rings (SSSR count). The van der Waals surface area contributed by atoms with Crippen LogP contribution >= 0.6 is 0 Å². The molecule has 1 N–H and O–H groups in total. The van der Waals surface area contributed by atoms with Crippen LogP contribution in [0.15, 0.2) is 77.0 Å². The second-order valence-electron chi connectivity index (χ2n) is 13.2. The summed E-state index contributed by atoms with van der Waals surface area (Å²) < 4.78 is 33.4. The third-order valence-electron chi connectivity index (χ3n) is 8.31. The Labute approximate surface area is 283 Å². The molecule has 0 atom stereocenters. The number of carbonyl (C=O) groups excluding carboxylic acids is 1. The van der Waals surface area contributed by atoms with E-state index >= 15 is 0 Å². The van der Waals surface area contributed by atoms with E-state index in [0.717, 1.165) is 55.1 Å². The zero-order chi connectivity index (χ0) is 32.3. The van der Waals surface area contributed by atoms with E-state index < -0.39 is 5.92 Å². The van der Waals surface area contributed by atoms with Gasteiger partial charge in [-0.3, -0.25) is 4.79 Å². The predicted molar refractivity (Wildman–Crippen MR) is 179 cm³/mol. The topological polar surface area (TPSA) is 63.3 Å². The number of rotatable bonds is 7. The number of hydrogen-bond donors (Lipinski definition) is 1. The quantitative estimate of drug-likeness (QED) is 0.101. The molecule has 1 radical (unpaired) electrons. The number of aryl methyl sites for hydroxylation is 1. The van der Waals surface area contributed by atoms with Gasteiger partial charge >= 0.3 is 0 Å². The van der Waals surface area contributed by atoms with Crippen molar-refractivity contribution in [3.05, 3.63) is 89.8 Å². The molecule has 2 aromatic heterocycles. The van der Waals surface area contributed by atoms with Crippen molar-refractivity contribution in [2.45, 2.75) is 85.0 Å². The average Bonchev–Trinajstić information content (AvgIpc) is 3.34. The zero-order valence-electron chi connectivity index (χ0n) is 27.1. The zero-order valence-corrected chi connectivity index (χ0v) is 29.5. The van der Waals surface area contributed by atoms with Crippen molar-refractivity contribution in [3.63, 3.8) is 0 Å². The van der Waals surface area contributed by atoms with Gasteiger partial charge in [-0.2, -0.15) is 0 Å². The molecule has 1 saturated carbocycles. The fourth-order valence-electron chi connectivity index (χ4n) is 6.22. The Hall–Kier alpha value is -3.41. The van der Waals surface area contributed by atoms with Gasteiger partial charge in [-0.15, -0.1) is 17.7 Å². The molecule has 0 bridgehead atoms. The summed E-state index contributed by atoms with van der Waals surface area (Å²) in [5, 5.41) is 13.6. The van der Waals surface area contributed by atoms with E-state index in [9.17, 15) is 18.7 Å². The summed E-state index contributed by atoms with van der Waals surface area (Å²) in [4.78, 5) is 15.9. The number of ketones is 1. The molecule has 4 nitrogen and oxygen atoms in total. The van der Waals surface area contributed by atoms with Gasteiger partial charge in [0.1, 0.15) is 5.58 Å². The van der Waals surface area contributed by atoms with Crippen molar-refractivity contribution in [2.75, 3.05) is 0 Å². The summed E-state index contributed by atoms with van der Waals surface area (Å²) in [5.74, 6) is -1.35. The number of aromatic nitrogens is 1. The SMILES string of the molecule is CC(C)CC(=O)/C=C(\O)CC(C)C.Cc1[c-]c(-c2nccc3cc(C4CCC(F)(F)CC4)ccc23)c2oc3ccccc3c2c1.[Ir]. The van der Waals surface area contributed by atoms with Gasteiger partial charge in [0.15, 0.2) is 5.78 Å². The number of hydrogen-bond acceptors (Lipinski definition) is 4. The van der Waals surface area contributed by atoms with Crippen LogP contribution in [0.5, 0.6) is 0 Å². The van der Waals surface area contributed by atoms with Crippen molar-refractivity contribution in [2.24, 2.45) is 11.8 Å². The molecule has 0 aliphatic heterocycles. The van der Waals surface area contributed by atoms with Gasteiger partial charge in [-0.05, 0) is 64.8 Å². The van der Waals surface area contributed by atoms with Crippen LogP contribution in [0.3, 0.4) is 0 Å². The van der Waals surface area contributed by atoms with Gasteiger partial charge in [-0.25, -0.2) is 8.78 Å². The number of alkyl halides is 2. The monoisotopic (exact) mass is 803 g/mol. The van der Waals surface area contributed by atoms with E-state index in [1.165, 1.54) is 6.08 Å². The van der Waals surface area contributed by atoms with Crippen LogP contribution in [0.25, 0.3) is 44.0 Å². The third-order valence-corrected chi connectivity index (χ3v) is 8.31. The number of benzene rings is 3. The third kappa shape index (κ3) is 8.48. The summed E-state index contributed by atoms with van der Waals surface area (Å²) in [7, 11) is 0. The van der Waals surface area contributed by atoms with E-state index in [1.807, 2.05) is 58.9 Å². The van der Waals surface area contributed by atoms with E-state index in [-0.39, 0.29) is 50.4 Å². The van der Waals surface area contributed by atoms with Gasteiger partial charge in [-0.1, -0.05) is 82.0 Å². The first-order valence-electron chi connectivity index (χ1n) is 15.9. The summed E-state index contributed by atoms with van der Waals surface area (Å²) in [5.41, 5.74) is 5.48. The Balaban J connectivity index is 0.000000295. The Morgan fingerprint density at radius 2 is 1.70 bits per heavy atom. The summed E-state index contributed by atoms with van der Waals surface area (Å²) in [6, 6.07) is 21.9. The maximum Gasteiger partial charge on any atom is 0.248 e. The molecule has 1 aliphatic carbocycles. The minimum atomic E-state index is -2.51. The molecule has 245 valence electrons. The molecule has 7 heteroatoms. The average molecular weight is 803 g/mol. The van der Waals surface area contributed by atoms with Crippen LogP contribution in [0.4, 0.5) is 8.78 Å². The van der Waals surface area contributed by atoms with Crippen molar-refractivity contribution < 1.29 is 43.2 Å². The minimum Gasteiger partial charge on any atom is -0.512 e. The molecular weight excluding hydrogens is 761 g/mol. The molecule has 3 aromatic carbocycles. The number of carbonyl (C=O) groups is 1. The first-order valence-corrected chi connectivity index (χ1v) is 15.9. The minimum absolute atomic E-state index is 0. The molecule has 5 aromatic rings. The molecule has 2 heterocycles. The molecule has 0 unspecified atom stereocenters. The Bertz CT molecular complexity index is 1850. The number of para-hydroxylation sites is 1. The van der Waals surface area contributed by atoms with Gasteiger partial charge in [0, 0.05) is 63.4 Å². The molecular formula is C39H42F2IrNO3-. The molecule has 46 heavy (non-hydrogen) atoms. The fourth-order valence-corrected chi connectivity index (χ4v) is 6.22. The van der Waals surface area contributed by atoms with Crippen LogP contribution in [-0.2, 0) is 24.9 Å². The van der Waals surface area contributed by atoms with Crippen LogP contribution in [0.2, 0.25) is 0 Å². The number of aliphatic hydroxyl groups excluding tert-OH is 1. The second kappa shape index (κ2) is 15.0. The summed E-state index contributed by atoms with van der Waals surface area (Å²) >= 11 is 0. The molecule has 1 fully saturated rings.